The number of aliphatic hydroxyl groups excluding tert-OH is 2. The average molecular weight is 907 g/mol. The number of carboxylic acids is 1. The van der Waals surface area contributed by atoms with Gasteiger partial charge in [0.25, 0.3) is 0 Å². The molecule has 0 radical (unpaired) electrons. The minimum Gasteiger partial charge on any atom is -0.480 e. The predicted octanol–water partition coefficient (Wildman–Crippen LogP) is -3.36. The quantitative estimate of drug-likeness (QED) is 0.0336. The van der Waals surface area contributed by atoms with Crippen molar-refractivity contribution >= 4 is 53.2 Å². The maximum Gasteiger partial charge on any atom is 0.326 e. The number of carbonyl (C=O) groups excluding carboxylic acids is 8. The molecular formula is C42H70N10O12. The first-order chi connectivity index (χ1) is 30.1. The van der Waals surface area contributed by atoms with Crippen molar-refractivity contribution in [3.05, 3.63) is 35.9 Å². The Morgan fingerprint density at radius 1 is 0.562 bits per heavy atom. The molecule has 15 N–H and O–H groups in total. The minimum absolute atomic E-state index is 0.00123. The normalized spacial score (nSPS) is 14.5. The third kappa shape index (κ3) is 21.6. The standard InChI is InChI=1S/C42H70N10O12/c1-23(2)16-29(49-36(57)27(44)21-53)39(60)50-30(18-26-12-8-7-9-13-26)37(58)46-19-33(55)45-20-34(56)47-32(22-54)40(61)52-35(25(5)6)41(62)48-28(14-10-11-15-43)38(59)51-31(42(63)64)17-24(3)4/h7-9,12-13,23-25,27-32,35,53-54H,10-11,14-22,43-44H2,1-6H3,(H,45,55)(H,46,58)(H,47,56)(H,48,62)(H,49,57)(H,50,60)(H,51,59)(H,52,61)(H,63,64)/t27-,28-,29-,30-,31-,32-,35-/m0/s1. The van der Waals surface area contributed by atoms with Crippen LogP contribution in [0.3, 0.4) is 0 Å². The summed E-state index contributed by atoms with van der Waals surface area (Å²) in [7, 11) is 0. The number of hydrogen-bond acceptors (Lipinski definition) is 13. The van der Waals surface area contributed by atoms with Gasteiger partial charge in [-0.05, 0) is 62.0 Å². The van der Waals surface area contributed by atoms with Gasteiger partial charge >= 0.3 is 5.97 Å². The Labute approximate surface area is 373 Å². The van der Waals surface area contributed by atoms with Crippen LogP contribution in [0.5, 0.6) is 0 Å². The lowest BCUT2D eigenvalue weighted by Gasteiger charge is -2.27. The summed E-state index contributed by atoms with van der Waals surface area (Å²) in [6.07, 6.45) is 1.40. The number of hydrogen-bond donors (Lipinski definition) is 13. The number of amides is 8. The third-order valence-corrected chi connectivity index (χ3v) is 9.64. The first-order valence-electron chi connectivity index (χ1n) is 21.4. The molecule has 22 nitrogen and oxygen atoms in total. The van der Waals surface area contributed by atoms with Crippen LogP contribution in [0.2, 0.25) is 0 Å². The summed E-state index contributed by atoms with van der Waals surface area (Å²) in [4.78, 5) is 116. The van der Waals surface area contributed by atoms with Crippen molar-refractivity contribution in [2.45, 2.75) is 122 Å². The number of rotatable bonds is 30. The van der Waals surface area contributed by atoms with E-state index >= 15 is 0 Å². The Bertz CT molecular complexity index is 1700. The van der Waals surface area contributed by atoms with Crippen molar-refractivity contribution in [2.24, 2.45) is 29.2 Å². The largest absolute Gasteiger partial charge is 0.480 e. The van der Waals surface area contributed by atoms with Crippen molar-refractivity contribution in [1.82, 2.24) is 42.5 Å². The molecule has 0 aliphatic heterocycles. The summed E-state index contributed by atoms with van der Waals surface area (Å²) in [5, 5.41) is 48.5. The van der Waals surface area contributed by atoms with Crippen molar-refractivity contribution in [1.29, 1.82) is 0 Å². The number of carbonyl (C=O) groups is 9. The van der Waals surface area contributed by atoms with Gasteiger partial charge in [0.2, 0.25) is 47.3 Å². The molecule has 360 valence electrons. The Balaban J connectivity index is 2.95. The van der Waals surface area contributed by atoms with E-state index in [4.69, 9.17) is 11.5 Å². The van der Waals surface area contributed by atoms with Crippen LogP contribution in [0.15, 0.2) is 30.3 Å². The molecule has 0 saturated carbocycles. The molecule has 0 heterocycles. The number of benzene rings is 1. The van der Waals surface area contributed by atoms with Crippen LogP contribution in [0.4, 0.5) is 0 Å². The van der Waals surface area contributed by atoms with Crippen LogP contribution < -0.4 is 54.0 Å². The van der Waals surface area contributed by atoms with Crippen LogP contribution >= 0.6 is 0 Å². The maximum atomic E-state index is 13.5. The molecule has 0 spiro atoms. The molecule has 1 aromatic carbocycles. The lowest BCUT2D eigenvalue weighted by Crippen LogP contribution is -2.60. The predicted molar refractivity (Wildman–Crippen MR) is 234 cm³/mol. The molecule has 64 heavy (non-hydrogen) atoms. The summed E-state index contributed by atoms with van der Waals surface area (Å²) in [5.74, 6) is -8.38. The van der Waals surface area contributed by atoms with Crippen LogP contribution in [0, 0.1) is 17.8 Å². The highest BCUT2D eigenvalue weighted by molar-refractivity contribution is 5.97. The van der Waals surface area contributed by atoms with E-state index in [9.17, 15) is 58.5 Å². The van der Waals surface area contributed by atoms with Crippen LogP contribution in [-0.2, 0) is 49.6 Å². The van der Waals surface area contributed by atoms with E-state index in [-0.39, 0.29) is 37.5 Å². The van der Waals surface area contributed by atoms with Gasteiger partial charge in [0, 0.05) is 6.42 Å². The first kappa shape index (κ1) is 56.3. The summed E-state index contributed by atoms with van der Waals surface area (Å²) in [6, 6.07) is -0.152. The average Bonchev–Trinajstić information content (AvgIpc) is 3.23. The minimum atomic E-state index is -1.58. The fourth-order valence-corrected chi connectivity index (χ4v) is 6.14. The molecular weight excluding hydrogens is 837 g/mol. The Morgan fingerprint density at radius 2 is 1.09 bits per heavy atom. The molecule has 0 aliphatic rings. The van der Waals surface area contributed by atoms with Crippen LogP contribution in [-0.4, -0.2) is 144 Å². The number of nitrogens with two attached hydrogens (primary N) is 2. The van der Waals surface area contributed by atoms with Gasteiger partial charge < -0.3 is 69.3 Å². The van der Waals surface area contributed by atoms with Crippen molar-refractivity contribution in [2.75, 3.05) is 32.8 Å². The summed E-state index contributed by atoms with van der Waals surface area (Å²) >= 11 is 0. The summed E-state index contributed by atoms with van der Waals surface area (Å²) in [6.45, 7) is 7.86. The third-order valence-electron chi connectivity index (χ3n) is 9.64. The molecule has 7 atom stereocenters. The van der Waals surface area contributed by atoms with Crippen LogP contribution in [0.1, 0.15) is 79.2 Å². The van der Waals surface area contributed by atoms with E-state index in [2.05, 4.69) is 42.5 Å². The number of aliphatic hydroxyl groups is 2. The molecule has 0 bridgehead atoms. The van der Waals surface area contributed by atoms with E-state index < -0.39 is 128 Å². The monoisotopic (exact) mass is 907 g/mol. The van der Waals surface area contributed by atoms with Gasteiger partial charge in [0.15, 0.2) is 0 Å². The summed E-state index contributed by atoms with van der Waals surface area (Å²) in [5.41, 5.74) is 11.9. The van der Waals surface area contributed by atoms with E-state index in [1.54, 1.807) is 58.0 Å². The van der Waals surface area contributed by atoms with Gasteiger partial charge in [-0.2, -0.15) is 0 Å². The SMILES string of the molecule is CC(C)C[C@H](NC(=O)[C@H](CCCCN)NC(=O)[C@@H](NC(=O)[C@H](CO)NC(=O)CNC(=O)CNC(=O)[C@H](Cc1ccccc1)NC(=O)[C@H](CC(C)C)NC(=O)[C@@H](N)CO)C(C)C)C(=O)O. The van der Waals surface area contributed by atoms with Gasteiger partial charge in [-0.1, -0.05) is 71.9 Å². The fourth-order valence-electron chi connectivity index (χ4n) is 6.14. The van der Waals surface area contributed by atoms with Gasteiger partial charge in [0.1, 0.15) is 42.3 Å². The molecule has 8 amide bonds. The van der Waals surface area contributed by atoms with Gasteiger partial charge in [-0.15, -0.1) is 0 Å². The van der Waals surface area contributed by atoms with Gasteiger partial charge in [0.05, 0.1) is 26.3 Å². The smallest absolute Gasteiger partial charge is 0.326 e. The zero-order valence-corrected chi connectivity index (χ0v) is 37.6. The Hall–Kier alpha value is -5.71. The highest BCUT2D eigenvalue weighted by Crippen LogP contribution is 2.11. The van der Waals surface area contributed by atoms with E-state index in [1.165, 1.54) is 0 Å². The molecule has 0 saturated heterocycles. The maximum absolute atomic E-state index is 13.5. The first-order valence-corrected chi connectivity index (χ1v) is 21.4. The van der Waals surface area contributed by atoms with Crippen molar-refractivity contribution in [3.8, 4) is 0 Å². The molecule has 1 aromatic rings. The number of aliphatic carboxylic acids is 1. The molecule has 0 aliphatic carbocycles. The number of nitrogens with one attached hydrogen (secondary N) is 8. The zero-order chi connectivity index (χ0) is 48.5. The fraction of sp³-hybridized carbons (Fsp3) is 0.643. The zero-order valence-electron chi connectivity index (χ0n) is 37.6. The molecule has 22 heteroatoms. The summed E-state index contributed by atoms with van der Waals surface area (Å²) < 4.78 is 0. The second-order valence-corrected chi connectivity index (χ2v) is 16.6. The second kappa shape index (κ2) is 29.6. The number of carboxylic acid groups (broad SMARTS) is 1. The highest BCUT2D eigenvalue weighted by atomic mass is 16.4. The van der Waals surface area contributed by atoms with Crippen LogP contribution in [0.25, 0.3) is 0 Å². The molecule has 0 unspecified atom stereocenters. The van der Waals surface area contributed by atoms with Crippen molar-refractivity contribution in [3.63, 3.8) is 0 Å². The Kier molecular flexibility index (Phi) is 26.1. The highest BCUT2D eigenvalue weighted by Gasteiger charge is 2.33. The van der Waals surface area contributed by atoms with Crippen molar-refractivity contribution < 1.29 is 58.5 Å². The Morgan fingerprint density at radius 3 is 1.64 bits per heavy atom. The van der Waals surface area contributed by atoms with E-state index in [0.717, 1.165) is 0 Å². The van der Waals surface area contributed by atoms with Gasteiger partial charge in [-0.3, -0.25) is 38.4 Å². The van der Waals surface area contributed by atoms with E-state index in [0.29, 0.717) is 24.9 Å². The van der Waals surface area contributed by atoms with Gasteiger partial charge in [-0.25, -0.2) is 4.79 Å². The lowest BCUT2D eigenvalue weighted by molar-refractivity contribution is -0.143. The molecule has 1 rings (SSSR count). The molecule has 0 aromatic heterocycles. The molecule has 0 fully saturated rings. The second-order valence-electron chi connectivity index (χ2n) is 16.6. The van der Waals surface area contributed by atoms with E-state index in [1.807, 2.05) is 13.8 Å². The topological polar surface area (TPSA) is 363 Å². The lowest BCUT2D eigenvalue weighted by atomic mass is 10.0. The number of unbranched alkanes of at least 4 members (excludes halogenated alkanes) is 1.